The van der Waals surface area contributed by atoms with Crippen molar-refractivity contribution in [3.05, 3.63) is 0 Å². The monoisotopic (exact) mass is 298 g/mol. The van der Waals surface area contributed by atoms with Gasteiger partial charge in [0.2, 0.25) is 5.95 Å². The molecular formula is C13H22N4O2S. The van der Waals surface area contributed by atoms with Crippen molar-refractivity contribution in [2.24, 2.45) is 5.92 Å². The lowest BCUT2D eigenvalue weighted by Gasteiger charge is -2.28. The Balaban J connectivity index is 2.21. The number of carbonyl (C=O) groups is 1. The summed E-state index contributed by atoms with van der Waals surface area (Å²) in [7, 11) is 0. The molecule has 2 rings (SSSR count). The number of thioether (sulfide) groups is 1. The average Bonchev–Trinajstić information content (AvgIpc) is 3.01. The molecular weight excluding hydrogens is 276 g/mol. The van der Waals surface area contributed by atoms with Gasteiger partial charge in [0.05, 0.1) is 5.75 Å². The summed E-state index contributed by atoms with van der Waals surface area (Å²) in [6, 6.07) is 0.502. The van der Waals surface area contributed by atoms with E-state index in [9.17, 15) is 4.79 Å². The summed E-state index contributed by atoms with van der Waals surface area (Å²) in [6.45, 7) is 8.26. The lowest BCUT2D eigenvalue weighted by molar-refractivity contribution is -0.133. The highest BCUT2D eigenvalue weighted by Gasteiger charge is 2.31. The van der Waals surface area contributed by atoms with Gasteiger partial charge in [-0.05, 0) is 25.7 Å². The molecule has 0 bridgehead atoms. The van der Waals surface area contributed by atoms with Crippen molar-refractivity contribution in [1.29, 1.82) is 0 Å². The van der Waals surface area contributed by atoms with Crippen LogP contribution in [0.15, 0.2) is 5.16 Å². The van der Waals surface area contributed by atoms with Crippen LogP contribution in [0, 0.1) is 5.92 Å². The first-order chi connectivity index (χ1) is 9.54. The Bertz CT molecular complexity index is 475. The lowest BCUT2D eigenvalue weighted by atomic mass is 10.0. The largest absolute Gasteiger partial charge is 0.481 e. The molecule has 6 nitrogen and oxygen atoms in total. The molecule has 1 aromatic rings. The molecule has 0 spiro atoms. The van der Waals surface area contributed by atoms with Crippen molar-refractivity contribution >= 4 is 23.7 Å². The van der Waals surface area contributed by atoms with Crippen LogP contribution < -0.4 is 4.90 Å². The second kappa shape index (κ2) is 6.47. The van der Waals surface area contributed by atoms with Crippen LogP contribution in [0.5, 0.6) is 0 Å². The first-order valence-corrected chi connectivity index (χ1v) is 8.07. The molecule has 0 radical (unpaired) electrons. The molecule has 0 amide bonds. The molecule has 7 heteroatoms. The maximum absolute atomic E-state index is 10.7. The maximum Gasteiger partial charge on any atom is 0.313 e. The summed E-state index contributed by atoms with van der Waals surface area (Å²) >= 11 is 1.23. The zero-order chi connectivity index (χ0) is 14.7. The number of rotatable bonds is 6. The number of carboxylic acid groups (broad SMARTS) is 1. The fourth-order valence-electron chi connectivity index (χ4n) is 2.74. The van der Waals surface area contributed by atoms with Crippen molar-refractivity contribution in [3.8, 4) is 0 Å². The van der Waals surface area contributed by atoms with Crippen LogP contribution in [-0.4, -0.2) is 44.2 Å². The van der Waals surface area contributed by atoms with E-state index in [-0.39, 0.29) is 5.75 Å². The van der Waals surface area contributed by atoms with Gasteiger partial charge in [0, 0.05) is 19.1 Å². The number of anilines is 1. The minimum absolute atomic E-state index is 0.0196. The molecule has 112 valence electrons. The topological polar surface area (TPSA) is 71.2 Å². The fraction of sp³-hybridized carbons (Fsp3) is 0.769. The number of hydrogen-bond donors (Lipinski definition) is 1. The Hall–Kier alpha value is -1.24. The minimum atomic E-state index is -0.830. The van der Waals surface area contributed by atoms with Gasteiger partial charge >= 0.3 is 5.97 Å². The van der Waals surface area contributed by atoms with Gasteiger partial charge in [-0.15, -0.1) is 10.2 Å². The Kier molecular flexibility index (Phi) is 4.91. The molecule has 2 heterocycles. The molecule has 0 saturated carbocycles. The van der Waals surface area contributed by atoms with Crippen LogP contribution in [-0.2, 0) is 11.3 Å². The second-order valence-electron chi connectivity index (χ2n) is 5.36. The lowest BCUT2D eigenvalue weighted by Crippen LogP contribution is -2.35. The third kappa shape index (κ3) is 3.08. The van der Waals surface area contributed by atoms with Gasteiger partial charge in [0.1, 0.15) is 0 Å². The minimum Gasteiger partial charge on any atom is -0.481 e. The van der Waals surface area contributed by atoms with E-state index in [0.717, 1.165) is 19.0 Å². The van der Waals surface area contributed by atoms with E-state index in [4.69, 9.17) is 5.11 Å². The highest BCUT2D eigenvalue weighted by molar-refractivity contribution is 7.99. The van der Waals surface area contributed by atoms with Crippen molar-refractivity contribution in [3.63, 3.8) is 0 Å². The molecule has 20 heavy (non-hydrogen) atoms. The van der Waals surface area contributed by atoms with Gasteiger partial charge in [0.15, 0.2) is 5.16 Å². The van der Waals surface area contributed by atoms with Crippen molar-refractivity contribution < 1.29 is 9.90 Å². The predicted molar refractivity (Wildman–Crippen MR) is 79.3 cm³/mol. The summed E-state index contributed by atoms with van der Waals surface area (Å²) in [5.74, 6) is 0.654. The van der Waals surface area contributed by atoms with E-state index in [1.54, 1.807) is 0 Å². The van der Waals surface area contributed by atoms with Crippen molar-refractivity contribution in [1.82, 2.24) is 14.8 Å². The predicted octanol–water partition coefficient (Wildman–Crippen LogP) is 2.10. The summed E-state index contributed by atoms with van der Waals surface area (Å²) in [5, 5.41) is 17.9. The van der Waals surface area contributed by atoms with Gasteiger partial charge in [-0.1, -0.05) is 25.6 Å². The third-order valence-corrected chi connectivity index (χ3v) is 4.62. The Morgan fingerprint density at radius 2 is 2.25 bits per heavy atom. The number of aliphatic carboxylic acids is 1. The number of nitrogens with zero attached hydrogens (tertiary/aromatic N) is 4. The molecule has 0 aliphatic carbocycles. The average molecular weight is 298 g/mol. The Labute approximate surface area is 123 Å². The quantitative estimate of drug-likeness (QED) is 0.811. The highest BCUT2D eigenvalue weighted by Crippen LogP contribution is 2.30. The fourth-order valence-corrected chi connectivity index (χ4v) is 3.45. The van der Waals surface area contributed by atoms with Gasteiger partial charge in [-0.2, -0.15) is 0 Å². The molecule has 1 fully saturated rings. The number of carboxylic acids is 1. The SMILES string of the molecule is CCn1c(SCC(=O)O)nnc1N1CCCC1C(C)C. The Morgan fingerprint density at radius 3 is 2.85 bits per heavy atom. The standard InChI is InChI=1S/C13H22N4O2S/c1-4-16-12(14-15-13(16)20-8-11(18)19)17-7-5-6-10(17)9(2)3/h9-10H,4-8H2,1-3H3,(H,18,19). The summed E-state index contributed by atoms with van der Waals surface area (Å²) < 4.78 is 2.02. The van der Waals surface area contributed by atoms with Gasteiger partial charge in [-0.25, -0.2) is 0 Å². The van der Waals surface area contributed by atoms with Crippen molar-refractivity contribution in [2.45, 2.75) is 51.4 Å². The first-order valence-electron chi connectivity index (χ1n) is 7.09. The van der Waals surface area contributed by atoms with Gasteiger partial charge < -0.3 is 10.0 Å². The van der Waals surface area contributed by atoms with Crippen LogP contribution in [0.2, 0.25) is 0 Å². The number of aromatic nitrogens is 3. The van der Waals surface area contributed by atoms with E-state index in [2.05, 4.69) is 28.9 Å². The molecule has 1 N–H and O–H groups in total. The van der Waals surface area contributed by atoms with E-state index in [1.165, 1.54) is 24.6 Å². The van der Waals surface area contributed by atoms with Crippen LogP contribution in [0.1, 0.15) is 33.6 Å². The summed E-state index contributed by atoms with van der Waals surface area (Å²) in [5.41, 5.74) is 0. The highest BCUT2D eigenvalue weighted by atomic mass is 32.2. The van der Waals surface area contributed by atoms with Crippen LogP contribution in [0.25, 0.3) is 0 Å². The van der Waals surface area contributed by atoms with Crippen molar-refractivity contribution in [2.75, 3.05) is 17.2 Å². The van der Waals surface area contributed by atoms with Crippen LogP contribution >= 0.6 is 11.8 Å². The second-order valence-corrected chi connectivity index (χ2v) is 6.30. The van der Waals surface area contributed by atoms with Gasteiger partial charge in [-0.3, -0.25) is 9.36 Å². The van der Waals surface area contributed by atoms with Gasteiger partial charge in [0.25, 0.3) is 0 Å². The maximum atomic E-state index is 10.7. The van der Waals surface area contributed by atoms with Crippen LogP contribution in [0.4, 0.5) is 5.95 Å². The molecule has 1 aliphatic rings. The molecule has 1 aromatic heterocycles. The van der Waals surface area contributed by atoms with Crippen LogP contribution in [0.3, 0.4) is 0 Å². The number of hydrogen-bond acceptors (Lipinski definition) is 5. The van der Waals surface area contributed by atoms with E-state index < -0.39 is 5.97 Å². The zero-order valence-corrected chi connectivity index (χ0v) is 13.1. The summed E-state index contributed by atoms with van der Waals surface area (Å²) in [4.78, 5) is 13.0. The third-order valence-electron chi connectivity index (χ3n) is 3.66. The zero-order valence-electron chi connectivity index (χ0n) is 12.2. The van der Waals surface area contributed by atoms with E-state index in [1.807, 2.05) is 11.5 Å². The molecule has 1 saturated heterocycles. The smallest absolute Gasteiger partial charge is 0.313 e. The molecule has 1 aliphatic heterocycles. The molecule has 1 unspecified atom stereocenters. The first kappa shape index (κ1) is 15.2. The summed E-state index contributed by atoms with van der Waals surface area (Å²) in [6.07, 6.45) is 2.36. The molecule has 0 aromatic carbocycles. The Morgan fingerprint density at radius 1 is 1.50 bits per heavy atom. The van der Waals surface area contributed by atoms with E-state index >= 15 is 0 Å². The normalized spacial score (nSPS) is 19.0. The van der Waals surface area contributed by atoms with E-state index in [0.29, 0.717) is 17.1 Å². The molecule has 1 atom stereocenters.